The third kappa shape index (κ3) is 7.28. The third-order valence-corrected chi connectivity index (χ3v) is 4.30. The standard InChI is InChI=1S/C22H17ClFN5O5/c23-13-2-1-3-16(10-13)28-20(31)19(30)25-11-17-8-9-18(34-17)12-26-29-22(33)21(32)27-15-6-4-14(24)5-7-15/h1-10,12H,11H2,(H,25,30)(H,27,32)(H,28,31)(H,29,33)/b26-12+. The quantitative estimate of drug-likeness (QED) is 0.241. The summed E-state index contributed by atoms with van der Waals surface area (Å²) in [6, 6.07) is 14.2. The first-order valence-corrected chi connectivity index (χ1v) is 10.0. The van der Waals surface area contributed by atoms with Crippen molar-refractivity contribution in [1.82, 2.24) is 10.7 Å². The van der Waals surface area contributed by atoms with Gasteiger partial charge in [0.15, 0.2) is 0 Å². The van der Waals surface area contributed by atoms with Crippen LogP contribution in [0.25, 0.3) is 0 Å². The number of halogens is 2. The first kappa shape index (κ1) is 24.1. The van der Waals surface area contributed by atoms with Crippen molar-refractivity contribution in [2.45, 2.75) is 6.54 Å². The average molecular weight is 486 g/mol. The van der Waals surface area contributed by atoms with E-state index in [4.69, 9.17) is 16.0 Å². The molecular weight excluding hydrogens is 469 g/mol. The van der Waals surface area contributed by atoms with Crippen LogP contribution in [0.15, 0.2) is 70.2 Å². The molecule has 174 valence electrons. The fraction of sp³-hybridized carbons (Fsp3) is 0.0455. The summed E-state index contributed by atoms with van der Waals surface area (Å²) in [5.41, 5.74) is 2.63. The van der Waals surface area contributed by atoms with Crippen molar-refractivity contribution >= 4 is 52.8 Å². The van der Waals surface area contributed by atoms with Crippen molar-refractivity contribution in [2.24, 2.45) is 5.10 Å². The number of carbonyl (C=O) groups excluding carboxylic acids is 4. The molecule has 12 heteroatoms. The highest BCUT2D eigenvalue weighted by molar-refractivity contribution is 6.40. The van der Waals surface area contributed by atoms with Crippen LogP contribution >= 0.6 is 11.6 Å². The van der Waals surface area contributed by atoms with Gasteiger partial charge in [-0.3, -0.25) is 19.2 Å². The summed E-state index contributed by atoms with van der Waals surface area (Å²) in [5, 5.41) is 11.1. The van der Waals surface area contributed by atoms with E-state index in [0.717, 1.165) is 18.3 Å². The van der Waals surface area contributed by atoms with E-state index < -0.39 is 29.4 Å². The number of anilines is 2. The molecule has 1 heterocycles. The van der Waals surface area contributed by atoms with Crippen molar-refractivity contribution in [1.29, 1.82) is 0 Å². The van der Waals surface area contributed by atoms with E-state index in [1.54, 1.807) is 18.2 Å². The van der Waals surface area contributed by atoms with E-state index in [1.165, 1.54) is 30.3 Å². The Balaban J connectivity index is 1.43. The van der Waals surface area contributed by atoms with E-state index in [1.807, 2.05) is 5.43 Å². The maximum absolute atomic E-state index is 12.9. The molecule has 4 N–H and O–H groups in total. The summed E-state index contributed by atoms with van der Waals surface area (Å²) < 4.78 is 18.3. The van der Waals surface area contributed by atoms with Gasteiger partial charge in [-0.15, -0.1) is 0 Å². The Labute approximate surface area is 197 Å². The van der Waals surface area contributed by atoms with Crippen molar-refractivity contribution in [3.8, 4) is 0 Å². The lowest BCUT2D eigenvalue weighted by atomic mass is 10.3. The number of hydrazone groups is 1. The minimum Gasteiger partial charge on any atom is -0.458 e. The first-order valence-electron chi connectivity index (χ1n) is 9.63. The maximum Gasteiger partial charge on any atom is 0.329 e. The molecule has 2 aromatic carbocycles. The summed E-state index contributed by atoms with van der Waals surface area (Å²) in [7, 11) is 0. The summed E-state index contributed by atoms with van der Waals surface area (Å²) >= 11 is 5.83. The number of carbonyl (C=O) groups is 4. The van der Waals surface area contributed by atoms with Gasteiger partial charge in [0.1, 0.15) is 17.3 Å². The minimum absolute atomic E-state index is 0.0813. The van der Waals surface area contributed by atoms with E-state index in [0.29, 0.717) is 16.5 Å². The number of amides is 4. The van der Waals surface area contributed by atoms with Crippen LogP contribution in [0.3, 0.4) is 0 Å². The van der Waals surface area contributed by atoms with Gasteiger partial charge in [-0.25, -0.2) is 9.82 Å². The average Bonchev–Trinajstić information content (AvgIpc) is 3.26. The molecule has 0 aliphatic heterocycles. The van der Waals surface area contributed by atoms with Crippen molar-refractivity contribution in [3.63, 3.8) is 0 Å². The van der Waals surface area contributed by atoms with Crippen LogP contribution in [0.2, 0.25) is 5.02 Å². The summed E-state index contributed by atoms with van der Waals surface area (Å²) in [4.78, 5) is 47.4. The van der Waals surface area contributed by atoms with Gasteiger partial charge < -0.3 is 20.4 Å². The molecule has 34 heavy (non-hydrogen) atoms. The molecule has 10 nitrogen and oxygen atoms in total. The summed E-state index contributed by atoms with van der Waals surface area (Å²) in [6.07, 6.45) is 1.14. The smallest absolute Gasteiger partial charge is 0.329 e. The van der Waals surface area contributed by atoms with Gasteiger partial charge >= 0.3 is 23.6 Å². The minimum atomic E-state index is -1.05. The van der Waals surface area contributed by atoms with E-state index in [-0.39, 0.29) is 18.0 Å². The van der Waals surface area contributed by atoms with Crippen molar-refractivity contribution < 1.29 is 28.0 Å². The second kappa shape index (κ2) is 11.4. The molecule has 0 unspecified atom stereocenters. The predicted octanol–water partition coefficient (Wildman–Crippen LogP) is 2.42. The monoisotopic (exact) mass is 485 g/mol. The van der Waals surface area contributed by atoms with Crippen LogP contribution in [0.1, 0.15) is 11.5 Å². The molecular formula is C22H17ClFN5O5. The number of nitrogens with one attached hydrogen (secondary N) is 4. The predicted molar refractivity (Wildman–Crippen MR) is 121 cm³/mol. The van der Waals surface area contributed by atoms with E-state index in [9.17, 15) is 23.6 Å². The Morgan fingerprint density at radius 2 is 1.59 bits per heavy atom. The van der Waals surface area contributed by atoms with Crippen LogP contribution in [0.5, 0.6) is 0 Å². The first-order chi connectivity index (χ1) is 16.3. The fourth-order valence-electron chi connectivity index (χ4n) is 2.49. The Morgan fingerprint density at radius 3 is 2.32 bits per heavy atom. The Morgan fingerprint density at radius 1 is 0.882 bits per heavy atom. The Hall–Kier alpha value is -4.51. The van der Waals surface area contributed by atoms with Crippen molar-refractivity contribution in [2.75, 3.05) is 10.6 Å². The van der Waals surface area contributed by atoms with E-state index >= 15 is 0 Å². The molecule has 4 amide bonds. The summed E-state index contributed by atoms with van der Waals surface area (Å²) in [6.45, 7) is -0.0813. The zero-order valence-electron chi connectivity index (χ0n) is 17.3. The molecule has 0 radical (unpaired) electrons. The number of rotatable bonds is 6. The fourth-order valence-corrected chi connectivity index (χ4v) is 2.68. The molecule has 3 rings (SSSR count). The SMILES string of the molecule is O=C(NCc1ccc(/C=N/NC(=O)C(=O)Nc2ccc(F)cc2)o1)C(=O)Nc1cccc(Cl)c1. The highest BCUT2D eigenvalue weighted by Gasteiger charge is 2.15. The second-order valence-corrected chi connectivity index (χ2v) is 7.05. The van der Waals surface area contributed by atoms with Crippen LogP contribution < -0.4 is 21.4 Å². The lowest BCUT2D eigenvalue weighted by molar-refractivity contribution is -0.136. The highest BCUT2D eigenvalue weighted by Crippen LogP contribution is 2.14. The molecule has 0 saturated carbocycles. The maximum atomic E-state index is 12.9. The van der Waals surface area contributed by atoms with Gasteiger partial charge in [-0.1, -0.05) is 17.7 Å². The van der Waals surface area contributed by atoms with Crippen LogP contribution in [0, 0.1) is 5.82 Å². The zero-order chi connectivity index (χ0) is 24.5. The Bertz CT molecular complexity index is 1240. The van der Waals surface area contributed by atoms with Crippen molar-refractivity contribution in [3.05, 3.63) is 83.0 Å². The van der Waals surface area contributed by atoms with Gasteiger partial charge in [-0.2, -0.15) is 5.10 Å². The van der Waals surface area contributed by atoms with Gasteiger partial charge in [0.2, 0.25) is 0 Å². The number of furan rings is 1. The largest absolute Gasteiger partial charge is 0.458 e. The van der Waals surface area contributed by atoms with E-state index in [2.05, 4.69) is 21.1 Å². The zero-order valence-corrected chi connectivity index (χ0v) is 18.1. The molecule has 0 fully saturated rings. The normalized spacial score (nSPS) is 10.5. The summed E-state index contributed by atoms with van der Waals surface area (Å²) in [5.74, 6) is -3.76. The second-order valence-electron chi connectivity index (χ2n) is 6.61. The topological polar surface area (TPSA) is 142 Å². The van der Waals surface area contributed by atoms with Crippen LogP contribution in [0.4, 0.5) is 15.8 Å². The third-order valence-electron chi connectivity index (χ3n) is 4.06. The number of benzene rings is 2. The Kier molecular flexibility index (Phi) is 8.08. The molecule has 1 aromatic heterocycles. The molecule has 0 spiro atoms. The molecule has 0 aliphatic carbocycles. The molecule has 0 saturated heterocycles. The number of hydrogen-bond donors (Lipinski definition) is 4. The van der Waals surface area contributed by atoms with Gasteiger partial charge in [0.25, 0.3) is 0 Å². The molecule has 0 atom stereocenters. The lowest BCUT2D eigenvalue weighted by Gasteiger charge is -2.05. The molecule has 0 bridgehead atoms. The van der Waals surface area contributed by atoms with Crippen LogP contribution in [-0.2, 0) is 25.7 Å². The van der Waals surface area contributed by atoms with Gasteiger partial charge in [-0.05, 0) is 54.6 Å². The lowest BCUT2D eigenvalue weighted by Crippen LogP contribution is -2.34. The van der Waals surface area contributed by atoms with Gasteiger partial charge in [0, 0.05) is 16.4 Å². The van der Waals surface area contributed by atoms with Gasteiger partial charge in [0.05, 0.1) is 12.8 Å². The number of hydrogen-bond acceptors (Lipinski definition) is 6. The molecule has 3 aromatic rings. The highest BCUT2D eigenvalue weighted by atomic mass is 35.5. The number of nitrogens with zero attached hydrogens (tertiary/aromatic N) is 1. The molecule has 0 aliphatic rings. The van der Waals surface area contributed by atoms with Crippen LogP contribution in [-0.4, -0.2) is 29.8 Å².